The lowest BCUT2D eigenvalue weighted by Gasteiger charge is -2.40. The Bertz CT molecular complexity index is 742. The second-order valence-corrected chi connectivity index (χ2v) is 8.15. The Hall–Kier alpha value is -2.35. The molecule has 0 radical (unpaired) electrons. The number of ether oxygens (including phenoxy) is 2. The van der Waals surface area contributed by atoms with Crippen LogP contribution >= 0.6 is 0 Å². The van der Waals surface area contributed by atoms with Gasteiger partial charge >= 0.3 is 0 Å². The summed E-state index contributed by atoms with van der Waals surface area (Å²) in [4.78, 5) is 30.9. The molecular formula is C20H28N4O4. The van der Waals surface area contributed by atoms with Crippen LogP contribution in [0.15, 0.2) is 12.1 Å². The molecule has 1 aromatic heterocycles. The van der Waals surface area contributed by atoms with Crippen LogP contribution in [-0.2, 0) is 9.53 Å². The molecule has 4 rings (SSSR count). The summed E-state index contributed by atoms with van der Waals surface area (Å²) in [6.45, 7) is 2.15. The van der Waals surface area contributed by atoms with Crippen LogP contribution in [0.4, 0.5) is 5.69 Å². The number of nitrogens with zero attached hydrogens (tertiary/aromatic N) is 2. The Morgan fingerprint density at radius 3 is 2.57 bits per heavy atom. The second-order valence-electron chi connectivity index (χ2n) is 8.15. The highest BCUT2D eigenvalue weighted by Crippen LogP contribution is 2.35. The number of nitrogens with one attached hydrogen (secondary N) is 1. The minimum absolute atomic E-state index is 0.206. The fourth-order valence-corrected chi connectivity index (χ4v) is 3.34. The van der Waals surface area contributed by atoms with Crippen molar-refractivity contribution in [3.8, 4) is 5.88 Å². The summed E-state index contributed by atoms with van der Waals surface area (Å²) in [5.74, 6) is 0.615. The van der Waals surface area contributed by atoms with Gasteiger partial charge in [-0.2, -0.15) is 0 Å². The molecule has 0 aromatic carbocycles. The van der Waals surface area contributed by atoms with Gasteiger partial charge in [0.2, 0.25) is 11.8 Å². The van der Waals surface area contributed by atoms with Crippen LogP contribution in [0.1, 0.15) is 42.6 Å². The molecule has 1 unspecified atom stereocenters. The first-order chi connectivity index (χ1) is 13.5. The molecular weight excluding hydrogens is 360 g/mol. The average molecular weight is 388 g/mol. The van der Waals surface area contributed by atoms with Crippen LogP contribution < -0.4 is 20.7 Å². The number of pyridine rings is 1. The Morgan fingerprint density at radius 1 is 1.25 bits per heavy atom. The van der Waals surface area contributed by atoms with Crippen LogP contribution in [0.3, 0.4) is 0 Å². The number of methoxy groups -OCH3 is 1. The van der Waals surface area contributed by atoms with Crippen molar-refractivity contribution in [2.24, 2.45) is 17.6 Å². The maximum absolute atomic E-state index is 12.7. The SMILES string of the molecule is COC1CN(c2ccc(C(=O)NC(CC3CC3)C(N)=O)nc2OCC2CC2)C1. The number of amides is 2. The second kappa shape index (κ2) is 7.95. The quantitative estimate of drug-likeness (QED) is 0.621. The summed E-state index contributed by atoms with van der Waals surface area (Å²) in [6, 6.07) is 2.87. The monoisotopic (exact) mass is 388 g/mol. The molecule has 2 heterocycles. The molecule has 1 atom stereocenters. The van der Waals surface area contributed by atoms with Crippen LogP contribution in [0.5, 0.6) is 5.88 Å². The lowest BCUT2D eigenvalue weighted by molar-refractivity contribution is -0.120. The fraction of sp³-hybridized carbons (Fsp3) is 0.650. The summed E-state index contributed by atoms with van der Waals surface area (Å²) in [7, 11) is 1.70. The molecule has 2 aliphatic carbocycles. The topological polar surface area (TPSA) is 107 Å². The normalized spacial score (nSPS) is 20.4. The Balaban J connectivity index is 1.46. The van der Waals surface area contributed by atoms with Crippen LogP contribution in [0.2, 0.25) is 0 Å². The van der Waals surface area contributed by atoms with Crippen molar-refractivity contribution in [2.75, 3.05) is 31.7 Å². The van der Waals surface area contributed by atoms with E-state index in [0.717, 1.165) is 31.6 Å². The Kier molecular flexibility index (Phi) is 5.39. The van der Waals surface area contributed by atoms with Gasteiger partial charge in [-0.3, -0.25) is 9.59 Å². The average Bonchev–Trinajstić information content (AvgIpc) is 3.54. The molecule has 3 aliphatic rings. The standard InChI is InChI=1S/C20H28N4O4/c1-27-14-9-24(10-14)17-7-6-15(23-20(17)28-11-13-4-5-13)19(26)22-16(18(21)25)8-12-2-3-12/h6-7,12-14,16H,2-5,8-11H2,1H3,(H2,21,25)(H,22,26). The zero-order chi connectivity index (χ0) is 19.7. The number of primary amides is 1. The molecule has 28 heavy (non-hydrogen) atoms. The first-order valence-corrected chi connectivity index (χ1v) is 10.0. The molecule has 2 saturated carbocycles. The maximum Gasteiger partial charge on any atom is 0.270 e. The van der Waals surface area contributed by atoms with Gasteiger partial charge in [0, 0.05) is 20.2 Å². The smallest absolute Gasteiger partial charge is 0.270 e. The summed E-state index contributed by atoms with van der Waals surface area (Å²) in [5.41, 5.74) is 6.56. The van der Waals surface area contributed by atoms with Gasteiger partial charge in [-0.1, -0.05) is 12.8 Å². The van der Waals surface area contributed by atoms with Crippen molar-refractivity contribution in [3.63, 3.8) is 0 Å². The van der Waals surface area contributed by atoms with E-state index in [1.807, 2.05) is 6.07 Å². The van der Waals surface area contributed by atoms with Gasteiger partial charge in [-0.15, -0.1) is 0 Å². The largest absolute Gasteiger partial charge is 0.476 e. The number of aromatic nitrogens is 1. The number of rotatable bonds is 10. The highest BCUT2D eigenvalue weighted by atomic mass is 16.5. The number of anilines is 1. The molecule has 152 valence electrons. The fourth-order valence-electron chi connectivity index (χ4n) is 3.34. The van der Waals surface area contributed by atoms with Gasteiger partial charge in [0.15, 0.2) is 0 Å². The highest BCUT2D eigenvalue weighted by Gasteiger charge is 2.32. The van der Waals surface area contributed by atoms with Crippen molar-refractivity contribution < 1.29 is 19.1 Å². The van der Waals surface area contributed by atoms with Gasteiger partial charge in [-0.25, -0.2) is 4.98 Å². The van der Waals surface area contributed by atoms with E-state index in [1.54, 1.807) is 13.2 Å². The molecule has 1 saturated heterocycles. The maximum atomic E-state index is 12.7. The molecule has 0 bridgehead atoms. The number of carbonyl (C=O) groups is 2. The molecule has 1 aliphatic heterocycles. The summed E-state index contributed by atoms with van der Waals surface area (Å²) < 4.78 is 11.3. The molecule has 8 nitrogen and oxygen atoms in total. The number of hydrogen-bond acceptors (Lipinski definition) is 6. The zero-order valence-electron chi connectivity index (χ0n) is 16.2. The van der Waals surface area contributed by atoms with Crippen molar-refractivity contribution >= 4 is 17.5 Å². The van der Waals surface area contributed by atoms with Crippen LogP contribution in [0, 0.1) is 11.8 Å². The lowest BCUT2D eigenvalue weighted by Crippen LogP contribution is -2.52. The van der Waals surface area contributed by atoms with Gasteiger partial charge in [0.25, 0.3) is 5.91 Å². The van der Waals surface area contributed by atoms with E-state index in [2.05, 4.69) is 15.2 Å². The van der Waals surface area contributed by atoms with E-state index >= 15 is 0 Å². The predicted octanol–water partition coefficient (Wildman–Crippen LogP) is 1.09. The third-order valence-corrected chi connectivity index (χ3v) is 5.66. The number of hydrogen-bond donors (Lipinski definition) is 2. The first-order valence-electron chi connectivity index (χ1n) is 10.0. The minimum atomic E-state index is -0.657. The number of nitrogens with two attached hydrogens (primary N) is 1. The minimum Gasteiger partial charge on any atom is -0.476 e. The van der Waals surface area contributed by atoms with Gasteiger partial charge in [-0.05, 0) is 43.2 Å². The van der Waals surface area contributed by atoms with Crippen molar-refractivity contribution in [1.82, 2.24) is 10.3 Å². The van der Waals surface area contributed by atoms with E-state index in [-0.39, 0.29) is 11.8 Å². The first kappa shape index (κ1) is 19.0. The lowest BCUT2D eigenvalue weighted by atomic mass is 10.1. The molecule has 3 N–H and O–H groups in total. The third-order valence-electron chi connectivity index (χ3n) is 5.66. The van der Waals surface area contributed by atoms with Crippen molar-refractivity contribution in [3.05, 3.63) is 17.8 Å². The molecule has 0 spiro atoms. The number of carbonyl (C=O) groups excluding carboxylic acids is 2. The molecule has 2 amide bonds. The van der Waals surface area contributed by atoms with Crippen molar-refractivity contribution in [1.29, 1.82) is 0 Å². The van der Waals surface area contributed by atoms with E-state index in [4.69, 9.17) is 15.2 Å². The van der Waals surface area contributed by atoms with E-state index in [1.165, 1.54) is 12.8 Å². The van der Waals surface area contributed by atoms with Crippen LogP contribution in [-0.4, -0.2) is 55.8 Å². The molecule has 1 aromatic rings. The highest BCUT2D eigenvalue weighted by molar-refractivity contribution is 5.96. The van der Waals surface area contributed by atoms with Crippen LogP contribution in [0.25, 0.3) is 0 Å². The summed E-state index contributed by atoms with van der Waals surface area (Å²) in [5, 5.41) is 2.74. The van der Waals surface area contributed by atoms with E-state index in [0.29, 0.717) is 30.7 Å². The molecule has 8 heteroatoms. The summed E-state index contributed by atoms with van der Waals surface area (Å²) in [6.07, 6.45) is 5.32. The Labute approximate surface area is 164 Å². The summed E-state index contributed by atoms with van der Waals surface area (Å²) >= 11 is 0. The zero-order valence-corrected chi connectivity index (χ0v) is 16.2. The van der Waals surface area contributed by atoms with E-state index < -0.39 is 17.9 Å². The van der Waals surface area contributed by atoms with Gasteiger partial charge in [0.05, 0.1) is 12.7 Å². The third kappa shape index (κ3) is 4.55. The van der Waals surface area contributed by atoms with E-state index in [9.17, 15) is 9.59 Å². The van der Waals surface area contributed by atoms with Gasteiger partial charge < -0.3 is 25.4 Å². The molecule has 3 fully saturated rings. The Morgan fingerprint density at radius 2 is 1.96 bits per heavy atom. The van der Waals surface area contributed by atoms with Crippen molar-refractivity contribution in [2.45, 2.75) is 44.2 Å². The van der Waals surface area contributed by atoms with Gasteiger partial charge in [0.1, 0.15) is 17.4 Å². The predicted molar refractivity (Wildman–Crippen MR) is 103 cm³/mol.